The molecule has 0 amide bonds. The average molecular weight is 215 g/mol. The van der Waals surface area contributed by atoms with Crippen LogP contribution in [0.1, 0.15) is 12.1 Å². The summed E-state index contributed by atoms with van der Waals surface area (Å²) in [6.45, 7) is 0. The maximum absolute atomic E-state index is 5.45. The molecule has 0 radical (unpaired) electrons. The van der Waals surface area contributed by atoms with Crippen molar-refractivity contribution in [1.29, 1.82) is 0 Å². The van der Waals surface area contributed by atoms with Gasteiger partial charge in [-0.05, 0) is 18.4 Å². The van der Waals surface area contributed by atoms with Crippen LogP contribution in [0.25, 0.3) is 0 Å². The molecule has 1 aromatic heterocycles. The molecular formula is C8H17N5S. The van der Waals surface area contributed by atoms with Crippen molar-refractivity contribution in [3.63, 3.8) is 0 Å². The summed E-state index contributed by atoms with van der Waals surface area (Å²) < 4.78 is 1.71. The van der Waals surface area contributed by atoms with E-state index >= 15 is 0 Å². The zero-order chi connectivity index (χ0) is 10.4. The molecule has 1 rings (SSSR count). The maximum atomic E-state index is 5.45. The Morgan fingerprint density at radius 2 is 2.50 bits per heavy atom. The molecule has 0 spiro atoms. The highest BCUT2D eigenvalue weighted by atomic mass is 32.2. The van der Waals surface area contributed by atoms with Crippen LogP contribution in [0.15, 0.2) is 6.20 Å². The Hall–Kier alpha value is -0.590. The first-order valence-electron chi connectivity index (χ1n) is 4.56. The first kappa shape index (κ1) is 11.5. The average Bonchev–Trinajstić information content (AvgIpc) is 2.58. The molecule has 0 aliphatic rings. The molecule has 1 heterocycles. The minimum atomic E-state index is 0.291. The number of nitrogens with zero attached hydrogens (tertiary/aromatic N) is 3. The Morgan fingerprint density at radius 3 is 3.00 bits per heavy atom. The minimum Gasteiger partial charge on any atom is -0.271 e. The molecule has 0 aromatic carbocycles. The summed E-state index contributed by atoms with van der Waals surface area (Å²) >= 11 is 1.82. The molecule has 5 nitrogen and oxygen atoms in total. The number of hydrogen-bond donors (Lipinski definition) is 2. The van der Waals surface area contributed by atoms with E-state index in [0.29, 0.717) is 6.04 Å². The van der Waals surface area contributed by atoms with Gasteiger partial charge in [0.15, 0.2) is 0 Å². The monoisotopic (exact) mass is 215 g/mol. The number of nitrogens with two attached hydrogens (primary N) is 1. The van der Waals surface area contributed by atoms with Crippen molar-refractivity contribution in [3.05, 3.63) is 11.9 Å². The molecule has 6 heteroatoms. The van der Waals surface area contributed by atoms with E-state index in [2.05, 4.69) is 22.0 Å². The summed E-state index contributed by atoms with van der Waals surface area (Å²) in [5.74, 6) is 6.56. The molecule has 80 valence electrons. The van der Waals surface area contributed by atoms with Crippen LogP contribution in [-0.4, -0.2) is 33.0 Å². The second-order valence-electron chi connectivity index (χ2n) is 3.23. The quantitative estimate of drug-likeness (QED) is 0.514. The molecule has 0 saturated carbocycles. The molecule has 0 fully saturated rings. The van der Waals surface area contributed by atoms with Crippen molar-refractivity contribution in [3.8, 4) is 0 Å². The number of aromatic nitrogens is 3. The van der Waals surface area contributed by atoms with Crippen molar-refractivity contribution in [2.75, 3.05) is 12.0 Å². The van der Waals surface area contributed by atoms with E-state index < -0.39 is 0 Å². The molecular weight excluding hydrogens is 198 g/mol. The highest BCUT2D eigenvalue weighted by Gasteiger charge is 2.09. The molecule has 0 aliphatic carbocycles. The number of rotatable bonds is 6. The molecule has 1 unspecified atom stereocenters. The zero-order valence-corrected chi connectivity index (χ0v) is 9.42. The zero-order valence-electron chi connectivity index (χ0n) is 8.60. The van der Waals surface area contributed by atoms with Crippen LogP contribution in [0.2, 0.25) is 0 Å². The van der Waals surface area contributed by atoms with Gasteiger partial charge in [0.1, 0.15) is 0 Å². The van der Waals surface area contributed by atoms with E-state index in [1.807, 2.05) is 25.0 Å². The standard InChI is InChI=1S/C8H17N5S/c1-13-6-8(11-12-13)5-7(10-9)3-4-14-2/h6-7,10H,3-5,9H2,1-2H3. The van der Waals surface area contributed by atoms with Gasteiger partial charge in [-0.2, -0.15) is 11.8 Å². The van der Waals surface area contributed by atoms with Crippen molar-refractivity contribution in [1.82, 2.24) is 20.4 Å². The SMILES string of the molecule is CSCCC(Cc1cn(C)nn1)NN. The Morgan fingerprint density at radius 1 is 1.71 bits per heavy atom. The van der Waals surface area contributed by atoms with Crippen LogP contribution in [0.4, 0.5) is 0 Å². The van der Waals surface area contributed by atoms with E-state index in [-0.39, 0.29) is 0 Å². The van der Waals surface area contributed by atoms with Crippen LogP contribution >= 0.6 is 11.8 Å². The predicted molar refractivity (Wildman–Crippen MR) is 58.8 cm³/mol. The molecule has 0 bridgehead atoms. The van der Waals surface area contributed by atoms with Crippen molar-refractivity contribution >= 4 is 11.8 Å². The van der Waals surface area contributed by atoms with Gasteiger partial charge < -0.3 is 0 Å². The van der Waals surface area contributed by atoms with Gasteiger partial charge in [0.05, 0.1) is 5.69 Å². The summed E-state index contributed by atoms with van der Waals surface area (Å²) in [4.78, 5) is 0. The number of hydrazine groups is 1. The van der Waals surface area contributed by atoms with Gasteiger partial charge in [-0.15, -0.1) is 5.10 Å². The fourth-order valence-electron chi connectivity index (χ4n) is 1.25. The van der Waals surface area contributed by atoms with Crippen molar-refractivity contribution in [2.45, 2.75) is 18.9 Å². The third-order valence-corrected chi connectivity index (χ3v) is 2.66. The van der Waals surface area contributed by atoms with Gasteiger partial charge in [-0.1, -0.05) is 5.21 Å². The van der Waals surface area contributed by atoms with Gasteiger partial charge in [-0.3, -0.25) is 16.0 Å². The lowest BCUT2D eigenvalue weighted by atomic mass is 10.1. The van der Waals surface area contributed by atoms with Crippen LogP contribution in [-0.2, 0) is 13.5 Å². The van der Waals surface area contributed by atoms with Gasteiger partial charge in [0, 0.05) is 25.7 Å². The molecule has 0 saturated heterocycles. The summed E-state index contributed by atoms with van der Waals surface area (Å²) in [6, 6.07) is 0.291. The second-order valence-corrected chi connectivity index (χ2v) is 4.22. The lowest BCUT2D eigenvalue weighted by Gasteiger charge is -2.12. The second kappa shape index (κ2) is 6.00. The maximum Gasteiger partial charge on any atom is 0.0843 e. The van der Waals surface area contributed by atoms with Gasteiger partial charge in [0.25, 0.3) is 0 Å². The topological polar surface area (TPSA) is 68.8 Å². The summed E-state index contributed by atoms with van der Waals surface area (Å²) in [5.41, 5.74) is 3.79. The number of thioether (sulfide) groups is 1. The highest BCUT2D eigenvalue weighted by Crippen LogP contribution is 2.05. The van der Waals surface area contributed by atoms with Gasteiger partial charge in [0.2, 0.25) is 0 Å². The number of aryl methyl sites for hydroxylation is 1. The molecule has 0 aliphatic heterocycles. The van der Waals surface area contributed by atoms with E-state index in [0.717, 1.165) is 24.3 Å². The molecule has 1 aromatic rings. The first-order valence-corrected chi connectivity index (χ1v) is 5.96. The highest BCUT2D eigenvalue weighted by molar-refractivity contribution is 7.98. The van der Waals surface area contributed by atoms with Crippen molar-refractivity contribution in [2.24, 2.45) is 12.9 Å². The van der Waals surface area contributed by atoms with E-state index in [9.17, 15) is 0 Å². The Labute approximate surface area is 88.4 Å². The molecule has 1 atom stereocenters. The smallest absolute Gasteiger partial charge is 0.0843 e. The van der Waals surface area contributed by atoms with Gasteiger partial charge >= 0.3 is 0 Å². The Bertz CT molecular complexity index is 262. The van der Waals surface area contributed by atoms with Crippen LogP contribution < -0.4 is 11.3 Å². The molecule has 3 N–H and O–H groups in total. The van der Waals surface area contributed by atoms with Gasteiger partial charge in [-0.25, -0.2) is 0 Å². The Kier molecular flexibility index (Phi) is 4.92. The predicted octanol–water partition coefficient (Wildman–Crippen LogP) is -0.0574. The molecule has 14 heavy (non-hydrogen) atoms. The first-order chi connectivity index (χ1) is 6.76. The van der Waals surface area contributed by atoms with E-state index in [1.165, 1.54) is 0 Å². The number of hydrogen-bond acceptors (Lipinski definition) is 5. The fourth-order valence-corrected chi connectivity index (χ4v) is 1.77. The number of nitrogens with one attached hydrogen (secondary N) is 1. The van der Waals surface area contributed by atoms with Crippen LogP contribution in [0, 0.1) is 0 Å². The third-order valence-electron chi connectivity index (χ3n) is 2.01. The lowest BCUT2D eigenvalue weighted by molar-refractivity contribution is 0.509. The minimum absolute atomic E-state index is 0.291. The summed E-state index contributed by atoms with van der Waals surface area (Å²) in [7, 11) is 1.86. The summed E-state index contributed by atoms with van der Waals surface area (Å²) in [6.07, 6.45) is 5.90. The van der Waals surface area contributed by atoms with Crippen LogP contribution in [0.3, 0.4) is 0 Å². The third kappa shape index (κ3) is 3.65. The van der Waals surface area contributed by atoms with E-state index in [4.69, 9.17) is 5.84 Å². The normalized spacial score (nSPS) is 13.1. The summed E-state index contributed by atoms with van der Waals surface area (Å²) in [5, 5.41) is 7.90. The fraction of sp³-hybridized carbons (Fsp3) is 0.750. The lowest BCUT2D eigenvalue weighted by Crippen LogP contribution is -2.37. The van der Waals surface area contributed by atoms with Crippen molar-refractivity contribution < 1.29 is 0 Å². The van der Waals surface area contributed by atoms with E-state index in [1.54, 1.807) is 4.68 Å². The van der Waals surface area contributed by atoms with Crippen LogP contribution in [0.5, 0.6) is 0 Å². The Balaban J connectivity index is 2.40. The largest absolute Gasteiger partial charge is 0.271 e.